The van der Waals surface area contributed by atoms with Gasteiger partial charge in [-0.1, -0.05) is 17.3 Å². The lowest BCUT2D eigenvalue weighted by Crippen LogP contribution is -2.45. The molecule has 11 heteroatoms. The number of rotatable bonds is 3. The molecule has 0 bridgehead atoms. The molecule has 5 aromatic rings. The molecule has 1 saturated heterocycles. The second-order valence-electron chi connectivity index (χ2n) is 11.4. The molecule has 0 spiro atoms. The minimum Gasteiger partial charge on any atom is -0.444 e. The summed E-state index contributed by atoms with van der Waals surface area (Å²) in [5, 5.41) is 9.00. The topological polar surface area (TPSA) is 113 Å². The minimum absolute atomic E-state index is 0.124. The van der Waals surface area contributed by atoms with Crippen LogP contribution in [-0.2, 0) is 18.8 Å². The Labute approximate surface area is 231 Å². The van der Waals surface area contributed by atoms with Crippen molar-refractivity contribution in [2.75, 3.05) is 13.1 Å². The molecule has 0 N–H and O–H groups in total. The Balaban J connectivity index is 1.41. The smallest absolute Gasteiger partial charge is 0.410 e. The lowest BCUT2D eigenvalue weighted by molar-refractivity contribution is 0.0173. The predicted molar refractivity (Wildman–Crippen MR) is 152 cm³/mol. The molecule has 1 atom stereocenters. The van der Waals surface area contributed by atoms with E-state index >= 15 is 0 Å². The van der Waals surface area contributed by atoms with Crippen molar-refractivity contribution in [1.29, 1.82) is 0 Å². The van der Waals surface area contributed by atoms with E-state index in [1.54, 1.807) is 27.4 Å². The molecule has 0 saturated carbocycles. The van der Waals surface area contributed by atoms with Gasteiger partial charge in [-0.2, -0.15) is 0 Å². The zero-order chi connectivity index (χ0) is 28.2. The van der Waals surface area contributed by atoms with E-state index in [1.165, 1.54) is 0 Å². The largest absolute Gasteiger partial charge is 0.444 e. The van der Waals surface area contributed by atoms with Crippen LogP contribution in [0.3, 0.4) is 0 Å². The van der Waals surface area contributed by atoms with Crippen LogP contribution < -0.4 is 5.69 Å². The van der Waals surface area contributed by atoms with Crippen LogP contribution in [0.2, 0.25) is 0 Å². The van der Waals surface area contributed by atoms with Gasteiger partial charge in [0.25, 0.3) is 0 Å². The standard InChI is InChI=1S/C29H32N8O3/c1-29(2,3)40-28(39)36-12-6-7-20(16-36)37-26-21-13-18(8-10-22(21)31-15-25(26)35(5)27(37)38)19-9-11-23(30-14-19)24-17-34(4)33-32-24/h8-11,13-15,17,20H,6-7,12,16H2,1-5H3/t20-/m1/s1. The van der Waals surface area contributed by atoms with Crippen LogP contribution >= 0.6 is 0 Å². The maximum Gasteiger partial charge on any atom is 0.410 e. The number of amides is 1. The summed E-state index contributed by atoms with van der Waals surface area (Å²) in [5.41, 5.74) is 5.00. The van der Waals surface area contributed by atoms with Crippen molar-refractivity contribution in [2.45, 2.75) is 45.3 Å². The first-order valence-corrected chi connectivity index (χ1v) is 13.4. The van der Waals surface area contributed by atoms with Gasteiger partial charge in [0.1, 0.15) is 11.3 Å². The third-order valence-electron chi connectivity index (χ3n) is 7.29. The van der Waals surface area contributed by atoms with Crippen LogP contribution in [0.25, 0.3) is 44.5 Å². The molecule has 0 aliphatic carbocycles. The number of fused-ring (bicyclic) bond motifs is 3. The van der Waals surface area contributed by atoms with Crippen molar-refractivity contribution in [3.05, 3.63) is 59.4 Å². The average molecular weight is 541 g/mol. The zero-order valence-electron chi connectivity index (χ0n) is 23.3. The highest BCUT2D eigenvalue weighted by Gasteiger charge is 2.31. The van der Waals surface area contributed by atoms with Crippen molar-refractivity contribution in [3.8, 4) is 22.5 Å². The summed E-state index contributed by atoms with van der Waals surface area (Å²) in [5.74, 6) is 0. The Morgan fingerprint density at radius 1 is 1.02 bits per heavy atom. The Morgan fingerprint density at radius 3 is 2.52 bits per heavy atom. The van der Waals surface area contributed by atoms with Crippen molar-refractivity contribution < 1.29 is 9.53 Å². The van der Waals surface area contributed by atoms with Gasteiger partial charge in [-0.25, -0.2) is 9.59 Å². The number of carbonyl (C=O) groups excluding carboxylic acids is 1. The maximum absolute atomic E-state index is 13.6. The van der Waals surface area contributed by atoms with Crippen LogP contribution in [0, 0.1) is 0 Å². The molecule has 1 aliphatic rings. The van der Waals surface area contributed by atoms with E-state index in [4.69, 9.17) is 4.74 Å². The van der Waals surface area contributed by atoms with Crippen LogP contribution in [0.1, 0.15) is 39.7 Å². The molecule has 0 radical (unpaired) electrons. The molecule has 0 unspecified atom stereocenters. The number of imidazole rings is 1. The van der Waals surface area contributed by atoms with Crippen molar-refractivity contribution in [2.24, 2.45) is 14.1 Å². The number of aromatic nitrogens is 7. The highest BCUT2D eigenvalue weighted by atomic mass is 16.6. The lowest BCUT2D eigenvalue weighted by atomic mass is 10.0. The van der Waals surface area contributed by atoms with E-state index in [-0.39, 0.29) is 17.8 Å². The van der Waals surface area contributed by atoms with E-state index < -0.39 is 5.60 Å². The summed E-state index contributed by atoms with van der Waals surface area (Å²) in [6.45, 7) is 6.59. The summed E-state index contributed by atoms with van der Waals surface area (Å²) in [4.78, 5) is 37.4. The molecule has 5 heterocycles. The second kappa shape index (κ2) is 9.58. The molecular formula is C29H32N8O3. The number of piperidine rings is 1. The first kappa shape index (κ1) is 25.7. The minimum atomic E-state index is -0.583. The first-order chi connectivity index (χ1) is 19.1. The first-order valence-electron chi connectivity index (χ1n) is 13.4. The van der Waals surface area contributed by atoms with E-state index in [0.717, 1.165) is 51.6 Å². The number of ether oxygens (including phenoxy) is 1. The normalized spacial score (nSPS) is 16.1. The fourth-order valence-corrected chi connectivity index (χ4v) is 5.38. The molecule has 11 nitrogen and oxygen atoms in total. The van der Waals surface area contributed by atoms with Crippen LogP contribution in [0.4, 0.5) is 4.79 Å². The fraction of sp³-hybridized carbons (Fsp3) is 0.379. The molecule has 1 amide bonds. The van der Waals surface area contributed by atoms with Gasteiger partial charge in [0, 0.05) is 44.3 Å². The number of pyridine rings is 2. The molecule has 1 aliphatic heterocycles. The third-order valence-corrected chi connectivity index (χ3v) is 7.29. The predicted octanol–water partition coefficient (Wildman–Crippen LogP) is 4.32. The van der Waals surface area contributed by atoms with Crippen LogP contribution in [0.15, 0.2) is 53.7 Å². The lowest BCUT2D eigenvalue weighted by Gasteiger charge is -2.34. The average Bonchev–Trinajstić information content (AvgIpc) is 3.48. The molecular weight excluding hydrogens is 508 g/mol. The van der Waals surface area contributed by atoms with Crippen molar-refractivity contribution >= 4 is 28.0 Å². The maximum atomic E-state index is 13.6. The summed E-state index contributed by atoms with van der Waals surface area (Å²) >= 11 is 0. The summed E-state index contributed by atoms with van der Waals surface area (Å²) < 4.78 is 10.8. The van der Waals surface area contributed by atoms with Crippen LogP contribution in [-0.4, -0.2) is 63.8 Å². The number of hydrogen-bond donors (Lipinski definition) is 0. The van der Waals surface area contributed by atoms with Gasteiger partial charge in [-0.05, 0) is 57.4 Å². The molecule has 4 aromatic heterocycles. The fourth-order valence-electron chi connectivity index (χ4n) is 5.38. The molecule has 1 fully saturated rings. The van der Waals surface area contributed by atoms with Gasteiger partial charge < -0.3 is 9.64 Å². The van der Waals surface area contributed by atoms with Gasteiger partial charge in [-0.3, -0.25) is 23.8 Å². The summed E-state index contributed by atoms with van der Waals surface area (Å²) in [6.07, 6.45) is 6.61. The highest BCUT2D eigenvalue weighted by molar-refractivity contribution is 6.04. The third kappa shape index (κ3) is 4.61. The number of nitrogens with zero attached hydrogens (tertiary/aromatic N) is 8. The number of carbonyl (C=O) groups is 1. The van der Waals surface area contributed by atoms with Gasteiger partial charge in [0.05, 0.1) is 40.7 Å². The van der Waals surface area contributed by atoms with Crippen LogP contribution in [0.5, 0.6) is 0 Å². The molecule has 1 aromatic carbocycles. The number of benzene rings is 1. The highest BCUT2D eigenvalue weighted by Crippen LogP contribution is 2.32. The Kier molecular flexibility index (Phi) is 6.16. The molecule has 40 heavy (non-hydrogen) atoms. The Morgan fingerprint density at radius 2 is 1.82 bits per heavy atom. The summed E-state index contributed by atoms with van der Waals surface area (Å²) in [7, 11) is 3.59. The zero-order valence-corrected chi connectivity index (χ0v) is 23.3. The second-order valence-corrected chi connectivity index (χ2v) is 11.4. The Hall–Kier alpha value is -4.54. The van der Waals surface area contributed by atoms with Gasteiger partial charge in [0.15, 0.2) is 0 Å². The van der Waals surface area contributed by atoms with Crippen molar-refractivity contribution in [1.82, 2.24) is 39.0 Å². The van der Waals surface area contributed by atoms with Gasteiger partial charge >= 0.3 is 11.8 Å². The molecule has 206 valence electrons. The quantitative estimate of drug-likeness (QED) is 0.335. The monoisotopic (exact) mass is 540 g/mol. The van der Waals surface area contributed by atoms with Gasteiger partial charge in [0.2, 0.25) is 0 Å². The number of likely N-dealkylation sites (tertiary alicyclic amines) is 1. The van der Waals surface area contributed by atoms with E-state index in [0.29, 0.717) is 18.8 Å². The summed E-state index contributed by atoms with van der Waals surface area (Å²) in [6, 6.07) is 9.79. The Bertz CT molecular complexity index is 1790. The SMILES string of the molecule is Cn1cc(-c2ccc(-c3ccc4ncc5c(c4c3)n([C@@H]3CCCN(C(=O)OC(C)(C)C)C3)c(=O)n5C)cn2)nn1. The van der Waals surface area contributed by atoms with E-state index in [1.807, 2.05) is 69.0 Å². The van der Waals surface area contributed by atoms with Gasteiger partial charge in [-0.15, -0.1) is 5.10 Å². The number of hydrogen-bond acceptors (Lipinski definition) is 7. The van der Waals surface area contributed by atoms with Crippen molar-refractivity contribution in [3.63, 3.8) is 0 Å². The van der Waals surface area contributed by atoms with E-state index in [2.05, 4.69) is 26.3 Å². The molecule has 6 rings (SSSR count). The number of aryl methyl sites for hydroxylation is 2. The van der Waals surface area contributed by atoms with E-state index in [9.17, 15) is 9.59 Å².